The summed E-state index contributed by atoms with van der Waals surface area (Å²) in [4.78, 5) is 10.8. The average molecular weight is 480 g/mol. The molecule has 0 radical (unpaired) electrons. The van der Waals surface area contributed by atoms with Crippen molar-refractivity contribution in [1.29, 1.82) is 0 Å². The van der Waals surface area contributed by atoms with Crippen LogP contribution in [0.5, 0.6) is 11.5 Å². The lowest BCUT2D eigenvalue weighted by Gasteiger charge is -2.07. The van der Waals surface area contributed by atoms with E-state index in [2.05, 4.69) is 10.3 Å². The van der Waals surface area contributed by atoms with Crippen LogP contribution in [0.4, 0.5) is 0 Å². The molecule has 0 aliphatic rings. The topological polar surface area (TPSA) is 114 Å². The van der Waals surface area contributed by atoms with Crippen molar-refractivity contribution in [3.63, 3.8) is 0 Å². The molecule has 0 unspecified atom stereocenters. The highest BCUT2D eigenvalue weighted by Crippen LogP contribution is 2.16. The lowest BCUT2D eigenvalue weighted by atomic mass is 10.2. The quantitative estimate of drug-likeness (QED) is 0.270. The standard InChI is InChI=1S/C24H37N3O7/c1-21(28)9-12-30-14-16-32-18-19-33-17-15-31-13-10-27-20-22(25-26-27)4-2-3-11-34-24-7-5-23(29)6-8-24/h5-8,20,29H,2-4,9-19H2,1H3. The third-order valence-electron chi connectivity index (χ3n) is 4.70. The first-order chi connectivity index (χ1) is 16.6. The second kappa shape index (κ2) is 17.9. The highest BCUT2D eigenvalue weighted by atomic mass is 16.6. The number of nitrogens with zero attached hydrogens (tertiary/aromatic N) is 3. The van der Waals surface area contributed by atoms with Crippen LogP contribution < -0.4 is 4.74 Å². The largest absolute Gasteiger partial charge is 0.508 e. The van der Waals surface area contributed by atoms with Crippen LogP contribution in [0, 0.1) is 0 Å². The highest BCUT2D eigenvalue weighted by Gasteiger charge is 2.02. The normalized spacial score (nSPS) is 11.1. The van der Waals surface area contributed by atoms with Gasteiger partial charge in [-0.3, -0.25) is 4.79 Å². The lowest BCUT2D eigenvalue weighted by Crippen LogP contribution is -2.13. The number of carbonyl (C=O) groups excluding carboxylic acids is 1. The lowest BCUT2D eigenvalue weighted by molar-refractivity contribution is -0.118. The van der Waals surface area contributed by atoms with Gasteiger partial charge in [-0.05, 0) is 50.5 Å². The number of aromatic hydroxyl groups is 1. The Morgan fingerprint density at radius 3 is 2.12 bits per heavy atom. The fourth-order valence-electron chi connectivity index (χ4n) is 2.84. The molecule has 190 valence electrons. The van der Waals surface area contributed by atoms with E-state index in [1.807, 2.05) is 6.20 Å². The minimum Gasteiger partial charge on any atom is -0.508 e. The van der Waals surface area contributed by atoms with Gasteiger partial charge in [0.05, 0.1) is 71.7 Å². The number of phenolic OH excluding ortho intramolecular Hbond substituents is 1. The number of rotatable bonds is 21. The molecule has 2 aromatic rings. The van der Waals surface area contributed by atoms with Crippen LogP contribution in [0.1, 0.15) is 31.9 Å². The van der Waals surface area contributed by atoms with Gasteiger partial charge in [0, 0.05) is 12.6 Å². The van der Waals surface area contributed by atoms with E-state index in [-0.39, 0.29) is 11.5 Å². The zero-order valence-electron chi connectivity index (χ0n) is 20.0. The maximum Gasteiger partial charge on any atom is 0.132 e. The molecular weight excluding hydrogens is 442 g/mol. The average Bonchev–Trinajstić information content (AvgIpc) is 3.27. The summed E-state index contributed by atoms with van der Waals surface area (Å²) in [6.07, 6.45) is 5.11. The van der Waals surface area contributed by atoms with Crippen LogP contribution in [0.25, 0.3) is 0 Å². The summed E-state index contributed by atoms with van der Waals surface area (Å²) in [6, 6.07) is 6.73. The number of ketones is 1. The predicted octanol–water partition coefficient (Wildman–Crippen LogP) is 2.43. The summed E-state index contributed by atoms with van der Waals surface area (Å²) >= 11 is 0. The Bertz CT molecular complexity index is 783. The van der Waals surface area contributed by atoms with Crippen molar-refractivity contribution in [2.24, 2.45) is 0 Å². The van der Waals surface area contributed by atoms with Gasteiger partial charge in [0.2, 0.25) is 0 Å². The first-order valence-electron chi connectivity index (χ1n) is 11.7. The Morgan fingerprint density at radius 1 is 0.853 bits per heavy atom. The molecule has 0 spiro atoms. The predicted molar refractivity (Wildman–Crippen MR) is 125 cm³/mol. The van der Waals surface area contributed by atoms with Gasteiger partial charge >= 0.3 is 0 Å². The smallest absolute Gasteiger partial charge is 0.132 e. The number of carbonyl (C=O) groups is 1. The van der Waals surface area contributed by atoms with Crippen LogP contribution in [-0.2, 0) is 36.7 Å². The molecule has 0 bridgehead atoms. The van der Waals surface area contributed by atoms with Gasteiger partial charge in [0.1, 0.15) is 17.3 Å². The second-order valence-corrected chi connectivity index (χ2v) is 7.67. The number of aryl methyl sites for hydroxylation is 1. The molecule has 0 aliphatic heterocycles. The van der Waals surface area contributed by atoms with Crippen molar-refractivity contribution in [3.8, 4) is 11.5 Å². The van der Waals surface area contributed by atoms with Crippen LogP contribution in [0.2, 0.25) is 0 Å². The molecule has 0 aliphatic carbocycles. The zero-order valence-corrected chi connectivity index (χ0v) is 20.0. The highest BCUT2D eigenvalue weighted by molar-refractivity contribution is 5.75. The SMILES string of the molecule is CC(=O)CCOCCOCCOCCOCCn1cc(CCCCOc2ccc(O)cc2)nn1. The molecule has 0 fully saturated rings. The minimum absolute atomic E-state index is 0.128. The Kier molecular flexibility index (Phi) is 14.6. The molecule has 1 N–H and O–H groups in total. The summed E-state index contributed by atoms with van der Waals surface area (Å²) in [5, 5.41) is 17.6. The molecule has 0 saturated heterocycles. The molecule has 0 amide bonds. The third-order valence-corrected chi connectivity index (χ3v) is 4.70. The molecule has 2 rings (SSSR count). The molecule has 10 nitrogen and oxygen atoms in total. The van der Waals surface area contributed by atoms with Gasteiger partial charge in [-0.25, -0.2) is 4.68 Å². The number of ether oxygens (including phenoxy) is 5. The van der Waals surface area contributed by atoms with E-state index in [0.717, 1.165) is 30.7 Å². The molecule has 1 heterocycles. The molecule has 1 aromatic carbocycles. The van der Waals surface area contributed by atoms with E-state index in [1.54, 1.807) is 35.9 Å². The number of unbranched alkanes of at least 4 members (excludes halogenated alkanes) is 1. The van der Waals surface area contributed by atoms with Crippen LogP contribution in [0.15, 0.2) is 30.5 Å². The van der Waals surface area contributed by atoms with Crippen LogP contribution >= 0.6 is 0 Å². The zero-order chi connectivity index (χ0) is 24.3. The van der Waals surface area contributed by atoms with Crippen molar-refractivity contribution in [1.82, 2.24) is 15.0 Å². The molecule has 0 atom stereocenters. The number of aromatic nitrogens is 3. The summed E-state index contributed by atoms with van der Waals surface area (Å²) in [7, 11) is 0. The van der Waals surface area contributed by atoms with Gasteiger partial charge in [-0.15, -0.1) is 5.10 Å². The molecule has 1 aromatic heterocycles. The van der Waals surface area contributed by atoms with Gasteiger partial charge in [0.15, 0.2) is 0 Å². The fourth-order valence-corrected chi connectivity index (χ4v) is 2.84. The number of hydrogen-bond acceptors (Lipinski definition) is 9. The third kappa shape index (κ3) is 13.9. The Balaban J connectivity index is 1.36. The molecule has 0 saturated carbocycles. The van der Waals surface area contributed by atoms with Crippen molar-refractivity contribution < 1.29 is 33.6 Å². The number of benzene rings is 1. The number of hydrogen-bond donors (Lipinski definition) is 1. The second-order valence-electron chi connectivity index (χ2n) is 7.67. The Labute approximate surface area is 201 Å². The van der Waals surface area contributed by atoms with E-state index in [1.165, 1.54) is 0 Å². The summed E-state index contributed by atoms with van der Waals surface area (Å²) in [5.74, 6) is 1.12. The van der Waals surface area contributed by atoms with Crippen molar-refractivity contribution in [2.45, 2.75) is 39.2 Å². The van der Waals surface area contributed by atoms with Crippen LogP contribution in [0.3, 0.4) is 0 Å². The van der Waals surface area contributed by atoms with E-state index < -0.39 is 0 Å². The molecular formula is C24H37N3O7. The van der Waals surface area contributed by atoms with Gasteiger partial charge in [-0.1, -0.05) is 5.21 Å². The maximum atomic E-state index is 10.8. The maximum absolute atomic E-state index is 10.8. The van der Waals surface area contributed by atoms with E-state index >= 15 is 0 Å². The fraction of sp³-hybridized carbons (Fsp3) is 0.625. The van der Waals surface area contributed by atoms with E-state index in [9.17, 15) is 9.90 Å². The number of phenols is 1. The first-order valence-corrected chi connectivity index (χ1v) is 11.7. The van der Waals surface area contributed by atoms with Crippen molar-refractivity contribution in [2.75, 3.05) is 59.5 Å². The Hall–Kier alpha value is -2.53. The van der Waals surface area contributed by atoms with E-state index in [4.69, 9.17) is 23.7 Å². The van der Waals surface area contributed by atoms with Gasteiger partial charge < -0.3 is 28.8 Å². The first kappa shape index (κ1) is 27.7. The molecule has 34 heavy (non-hydrogen) atoms. The monoisotopic (exact) mass is 479 g/mol. The summed E-state index contributed by atoms with van der Waals surface area (Å²) in [5.41, 5.74) is 0.956. The summed E-state index contributed by atoms with van der Waals surface area (Å²) in [6.45, 7) is 6.80. The minimum atomic E-state index is 0.128. The molecule has 10 heteroatoms. The van der Waals surface area contributed by atoms with Crippen molar-refractivity contribution in [3.05, 3.63) is 36.2 Å². The van der Waals surface area contributed by atoms with E-state index in [0.29, 0.717) is 72.4 Å². The summed E-state index contributed by atoms with van der Waals surface area (Å²) < 4.78 is 29.1. The van der Waals surface area contributed by atoms with Gasteiger partial charge in [-0.2, -0.15) is 0 Å². The number of Topliss-reactive ketones (excluding diaryl/α,β-unsaturated/α-hetero) is 1. The Morgan fingerprint density at radius 2 is 1.47 bits per heavy atom. The van der Waals surface area contributed by atoms with Gasteiger partial charge in [0.25, 0.3) is 0 Å². The van der Waals surface area contributed by atoms with Crippen molar-refractivity contribution >= 4 is 5.78 Å². The van der Waals surface area contributed by atoms with Crippen LogP contribution in [-0.4, -0.2) is 85.3 Å².